The highest BCUT2D eigenvalue weighted by atomic mass is 32.2. The molecule has 0 radical (unpaired) electrons. The number of amidine groups is 1. The van der Waals surface area contributed by atoms with E-state index in [2.05, 4.69) is 47.3 Å². The first kappa shape index (κ1) is 13.7. The van der Waals surface area contributed by atoms with Crippen molar-refractivity contribution in [3.05, 3.63) is 34.0 Å². The topological polar surface area (TPSA) is 15.6 Å². The summed E-state index contributed by atoms with van der Waals surface area (Å²) in [5, 5.41) is 2.56. The lowest BCUT2D eigenvalue weighted by molar-refractivity contribution is 0.648. The molecule has 0 bridgehead atoms. The minimum absolute atomic E-state index is 0.934. The van der Waals surface area contributed by atoms with Gasteiger partial charge < -0.3 is 4.90 Å². The van der Waals surface area contributed by atoms with Crippen LogP contribution in [0.2, 0.25) is 0 Å². The van der Waals surface area contributed by atoms with Crippen molar-refractivity contribution < 1.29 is 0 Å². The summed E-state index contributed by atoms with van der Waals surface area (Å²) in [4.78, 5) is 11.3. The lowest BCUT2D eigenvalue weighted by Crippen LogP contribution is -2.19. The molecule has 108 valence electrons. The van der Waals surface area contributed by atoms with Crippen LogP contribution in [0, 0.1) is 0 Å². The molecule has 0 N–H and O–H groups in total. The highest BCUT2D eigenvalue weighted by Crippen LogP contribution is 2.46. The van der Waals surface area contributed by atoms with E-state index in [0.29, 0.717) is 0 Å². The molecule has 2 aliphatic rings. The van der Waals surface area contributed by atoms with E-state index >= 15 is 0 Å². The summed E-state index contributed by atoms with van der Waals surface area (Å²) >= 11 is 5.62. The highest BCUT2D eigenvalue weighted by molar-refractivity contribution is 8.17. The van der Waals surface area contributed by atoms with Crippen LogP contribution < -0.4 is 0 Å². The number of aliphatic imine (C=N–C) groups is 1. The Morgan fingerprint density at radius 2 is 2.29 bits per heavy atom. The quantitative estimate of drug-likeness (QED) is 0.726. The van der Waals surface area contributed by atoms with Crippen molar-refractivity contribution in [1.82, 2.24) is 4.90 Å². The van der Waals surface area contributed by atoms with Gasteiger partial charge >= 0.3 is 0 Å². The van der Waals surface area contributed by atoms with Gasteiger partial charge in [0, 0.05) is 21.0 Å². The predicted octanol–water partition coefficient (Wildman–Crippen LogP) is 5.12. The molecule has 2 aromatic rings. The average molecular weight is 333 g/mol. The molecule has 21 heavy (non-hydrogen) atoms. The van der Waals surface area contributed by atoms with E-state index in [1.165, 1.54) is 35.6 Å². The van der Waals surface area contributed by atoms with E-state index in [-0.39, 0.29) is 0 Å². The largest absolute Gasteiger partial charge is 0.317 e. The molecule has 5 heteroatoms. The van der Waals surface area contributed by atoms with Crippen LogP contribution in [-0.4, -0.2) is 29.4 Å². The van der Waals surface area contributed by atoms with Crippen LogP contribution >= 0.6 is 34.9 Å². The molecule has 1 aromatic carbocycles. The zero-order valence-corrected chi connectivity index (χ0v) is 14.5. The smallest absolute Gasteiger partial charge is 0.168 e. The lowest BCUT2D eigenvalue weighted by Gasteiger charge is -2.15. The van der Waals surface area contributed by atoms with Crippen LogP contribution in [0.3, 0.4) is 0 Å². The molecule has 4 rings (SSSR count). The van der Waals surface area contributed by atoms with Crippen LogP contribution in [-0.2, 0) is 0 Å². The minimum atomic E-state index is 0.934. The normalized spacial score (nSPS) is 17.8. The Morgan fingerprint density at radius 1 is 1.38 bits per heavy atom. The zero-order chi connectivity index (χ0) is 14.4. The van der Waals surface area contributed by atoms with Crippen molar-refractivity contribution in [2.45, 2.75) is 18.2 Å². The molecule has 1 aromatic heterocycles. The Labute approximate surface area is 137 Å². The molecule has 0 saturated carbocycles. The molecule has 2 aliphatic heterocycles. The summed E-state index contributed by atoms with van der Waals surface area (Å²) in [6.45, 7) is 4.21. The third kappa shape index (κ3) is 2.14. The van der Waals surface area contributed by atoms with Crippen molar-refractivity contribution >= 4 is 55.8 Å². The van der Waals surface area contributed by atoms with Gasteiger partial charge in [-0.15, -0.1) is 23.1 Å². The SMILES string of the molecule is CCC1=C(c2cc3cccc(SC)c3s2)N2CCN=C2S1. The van der Waals surface area contributed by atoms with Crippen molar-refractivity contribution in [3.8, 4) is 0 Å². The second-order valence-corrected chi connectivity index (χ2v) is 7.99. The number of benzene rings is 1. The minimum Gasteiger partial charge on any atom is -0.317 e. The van der Waals surface area contributed by atoms with Crippen molar-refractivity contribution in [3.63, 3.8) is 0 Å². The summed E-state index contributed by atoms with van der Waals surface area (Å²) in [6, 6.07) is 8.95. The Hall–Kier alpha value is -0.910. The van der Waals surface area contributed by atoms with Crippen LogP contribution in [0.25, 0.3) is 15.8 Å². The molecule has 0 amide bonds. The van der Waals surface area contributed by atoms with E-state index in [1.54, 1.807) is 0 Å². The molecular formula is C16H16N2S3. The number of rotatable bonds is 3. The Morgan fingerprint density at radius 3 is 3.10 bits per heavy atom. The van der Waals surface area contributed by atoms with Gasteiger partial charge in [0.1, 0.15) is 0 Å². The molecular weight excluding hydrogens is 316 g/mol. The fraction of sp³-hybridized carbons (Fsp3) is 0.312. The van der Waals surface area contributed by atoms with E-state index in [9.17, 15) is 0 Å². The summed E-state index contributed by atoms with van der Waals surface area (Å²) in [5.41, 5.74) is 1.41. The van der Waals surface area contributed by atoms with Gasteiger partial charge in [0.05, 0.1) is 17.1 Å². The molecule has 0 spiro atoms. The van der Waals surface area contributed by atoms with Crippen LogP contribution in [0.4, 0.5) is 0 Å². The monoisotopic (exact) mass is 332 g/mol. The first-order chi connectivity index (χ1) is 10.3. The maximum Gasteiger partial charge on any atom is 0.168 e. The van der Waals surface area contributed by atoms with Gasteiger partial charge in [-0.3, -0.25) is 4.99 Å². The summed E-state index contributed by atoms with van der Waals surface area (Å²) in [5.74, 6) is 0. The van der Waals surface area contributed by atoms with Crippen LogP contribution in [0.1, 0.15) is 18.2 Å². The molecule has 0 aliphatic carbocycles. The van der Waals surface area contributed by atoms with E-state index in [4.69, 9.17) is 0 Å². The van der Waals surface area contributed by atoms with Crippen molar-refractivity contribution in [2.24, 2.45) is 4.99 Å². The fourth-order valence-electron chi connectivity index (χ4n) is 2.85. The summed E-state index contributed by atoms with van der Waals surface area (Å²) in [6.07, 6.45) is 3.24. The number of thiophene rings is 1. The van der Waals surface area contributed by atoms with Gasteiger partial charge in [0.15, 0.2) is 5.17 Å². The summed E-state index contributed by atoms with van der Waals surface area (Å²) in [7, 11) is 0. The van der Waals surface area contributed by atoms with Gasteiger partial charge in [-0.1, -0.05) is 30.8 Å². The Balaban J connectivity index is 1.87. The second-order valence-electron chi connectivity index (χ2n) is 5.03. The number of hydrogen-bond donors (Lipinski definition) is 0. The number of hydrogen-bond acceptors (Lipinski definition) is 5. The molecule has 0 fully saturated rings. The molecule has 0 saturated heterocycles. The van der Waals surface area contributed by atoms with Gasteiger partial charge in [-0.05, 0) is 30.2 Å². The maximum atomic E-state index is 4.62. The number of thioether (sulfide) groups is 2. The Kier molecular flexibility index (Phi) is 3.52. The number of nitrogens with zero attached hydrogens (tertiary/aromatic N) is 2. The fourth-order valence-corrected chi connectivity index (χ4v) is 6.09. The first-order valence-electron chi connectivity index (χ1n) is 7.11. The van der Waals surface area contributed by atoms with E-state index in [0.717, 1.165) is 19.5 Å². The average Bonchev–Trinajstić information content (AvgIpc) is 3.18. The maximum absolute atomic E-state index is 4.62. The molecule has 2 nitrogen and oxygen atoms in total. The van der Waals surface area contributed by atoms with Gasteiger partial charge in [0.2, 0.25) is 0 Å². The lowest BCUT2D eigenvalue weighted by atomic mass is 10.2. The third-order valence-electron chi connectivity index (χ3n) is 3.83. The summed E-state index contributed by atoms with van der Waals surface area (Å²) < 4.78 is 1.41. The van der Waals surface area contributed by atoms with Crippen molar-refractivity contribution in [2.75, 3.05) is 19.3 Å². The number of fused-ring (bicyclic) bond motifs is 2. The van der Waals surface area contributed by atoms with Crippen LogP contribution in [0.15, 0.2) is 39.1 Å². The standard InChI is InChI=1S/C16H16N2S3/c1-3-11-14(18-8-7-17-16(18)21-11)13-9-10-5-4-6-12(19-2)15(10)20-13/h4-6,9H,3,7-8H2,1-2H3. The first-order valence-corrected chi connectivity index (χ1v) is 9.97. The number of allylic oxidation sites excluding steroid dienone is 1. The third-order valence-corrected chi connectivity index (χ3v) is 7.19. The molecule has 0 unspecified atom stereocenters. The second kappa shape index (κ2) is 5.38. The Bertz CT molecular complexity index is 773. The van der Waals surface area contributed by atoms with E-state index in [1.807, 2.05) is 34.9 Å². The van der Waals surface area contributed by atoms with Crippen LogP contribution in [0.5, 0.6) is 0 Å². The van der Waals surface area contributed by atoms with Crippen molar-refractivity contribution in [1.29, 1.82) is 0 Å². The van der Waals surface area contributed by atoms with E-state index < -0.39 is 0 Å². The molecule has 3 heterocycles. The molecule has 0 atom stereocenters. The van der Waals surface area contributed by atoms with Gasteiger partial charge in [-0.2, -0.15) is 0 Å². The van der Waals surface area contributed by atoms with Gasteiger partial charge in [-0.25, -0.2) is 0 Å². The predicted molar refractivity (Wildman–Crippen MR) is 97.4 cm³/mol. The zero-order valence-electron chi connectivity index (χ0n) is 12.0. The van der Waals surface area contributed by atoms with Gasteiger partial charge in [0.25, 0.3) is 0 Å². The highest BCUT2D eigenvalue weighted by Gasteiger charge is 2.32.